The lowest BCUT2D eigenvalue weighted by molar-refractivity contribution is 0.0634. The van der Waals surface area contributed by atoms with Crippen molar-refractivity contribution in [3.8, 4) is 0 Å². The van der Waals surface area contributed by atoms with Crippen LogP contribution in [-0.4, -0.2) is 62.0 Å². The van der Waals surface area contributed by atoms with E-state index in [0.717, 1.165) is 19.7 Å². The Morgan fingerprint density at radius 1 is 1.47 bits per heavy atom. The Morgan fingerprint density at radius 3 is 2.47 bits per heavy atom. The van der Waals surface area contributed by atoms with Crippen molar-refractivity contribution < 1.29 is 9.84 Å². The zero-order chi connectivity index (χ0) is 12.9. The normalized spacial score (nSPS) is 19.9. The minimum absolute atomic E-state index is 0.127. The third-order valence-electron chi connectivity index (χ3n) is 3.94. The molecule has 0 heterocycles. The fourth-order valence-corrected chi connectivity index (χ4v) is 2.40. The summed E-state index contributed by atoms with van der Waals surface area (Å²) in [5.41, 5.74) is -0.127. The van der Waals surface area contributed by atoms with Crippen LogP contribution in [0.1, 0.15) is 26.7 Å². The van der Waals surface area contributed by atoms with E-state index in [1.807, 2.05) is 7.05 Å². The van der Waals surface area contributed by atoms with Gasteiger partial charge >= 0.3 is 0 Å². The smallest absolute Gasteiger partial charge is 0.0628 e. The van der Waals surface area contributed by atoms with Gasteiger partial charge in [0.1, 0.15) is 0 Å². The Morgan fingerprint density at radius 2 is 2.12 bits per heavy atom. The van der Waals surface area contributed by atoms with Crippen LogP contribution < -0.4 is 5.32 Å². The molecule has 4 nitrogen and oxygen atoms in total. The second-order valence-corrected chi connectivity index (χ2v) is 5.40. The average Bonchev–Trinajstić information content (AvgIpc) is 3.14. The topological polar surface area (TPSA) is 44.7 Å². The maximum absolute atomic E-state index is 9.72. The van der Waals surface area contributed by atoms with E-state index in [4.69, 9.17) is 4.74 Å². The van der Waals surface area contributed by atoms with Crippen LogP contribution in [0, 0.1) is 5.92 Å². The monoisotopic (exact) mass is 244 g/mol. The summed E-state index contributed by atoms with van der Waals surface area (Å²) in [5, 5.41) is 13.1. The summed E-state index contributed by atoms with van der Waals surface area (Å²) in [4.78, 5) is 2.38. The number of likely N-dealkylation sites (N-methyl/N-ethyl adjacent to an activating group) is 1. The third-order valence-corrected chi connectivity index (χ3v) is 3.94. The van der Waals surface area contributed by atoms with E-state index < -0.39 is 0 Å². The molecule has 0 saturated heterocycles. The summed E-state index contributed by atoms with van der Waals surface area (Å²) in [7, 11) is 3.69. The minimum atomic E-state index is -0.127. The highest BCUT2D eigenvalue weighted by atomic mass is 16.5. The lowest BCUT2D eigenvalue weighted by atomic mass is 9.93. The molecular weight excluding hydrogens is 216 g/mol. The first kappa shape index (κ1) is 14.9. The third kappa shape index (κ3) is 3.91. The molecule has 0 aromatic rings. The van der Waals surface area contributed by atoms with Gasteiger partial charge in [0.05, 0.1) is 18.8 Å². The number of hydrogen-bond donors (Lipinski definition) is 2. The largest absolute Gasteiger partial charge is 0.394 e. The maximum atomic E-state index is 9.72. The highest BCUT2D eigenvalue weighted by molar-refractivity contribution is 5.02. The summed E-state index contributed by atoms with van der Waals surface area (Å²) in [6.45, 7) is 7.16. The summed E-state index contributed by atoms with van der Waals surface area (Å²) in [6, 6.07) is 0.475. The molecule has 1 aliphatic carbocycles. The van der Waals surface area contributed by atoms with Gasteiger partial charge in [-0.25, -0.2) is 0 Å². The molecule has 0 aromatic carbocycles. The van der Waals surface area contributed by atoms with Gasteiger partial charge in [-0.3, -0.25) is 4.90 Å². The van der Waals surface area contributed by atoms with Gasteiger partial charge in [0.25, 0.3) is 0 Å². The Bertz CT molecular complexity index is 213. The van der Waals surface area contributed by atoms with E-state index in [9.17, 15) is 5.11 Å². The number of ether oxygens (including phenoxy) is 1. The molecule has 0 aromatic heterocycles. The van der Waals surface area contributed by atoms with Crippen molar-refractivity contribution in [1.82, 2.24) is 10.2 Å². The quantitative estimate of drug-likeness (QED) is 0.627. The molecule has 4 heteroatoms. The first-order valence-electron chi connectivity index (χ1n) is 6.62. The van der Waals surface area contributed by atoms with Gasteiger partial charge in [0.15, 0.2) is 0 Å². The molecule has 0 spiro atoms. The van der Waals surface area contributed by atoms with Crippen LogP contribution in [0.2, 0.25) is 0 Å². The molecule has 1 atom stereocenters. The number of methoxy groups -OCH3 is 1. The van der Waals surface area contributed by atoms with Crippen molar-refractivity contribution in [2.75, 3.05) is 40.5 Å². The van der Waals surface area contributed by atoms with Crippen LogP contribution in [-0.2, 0) is 4.74 Å². The zero-order valence-electron chi connectivity index (χ0n) is 11.7. The van der Waals surface area contributed by atoms with E-state index in [1.54, 1.807) is 7.11 Å². The van der Waals surface area contributed by atoms with E-state index in [-0.39, 0.29) is 12.1 Å². The number of aliphatic hydroxyl groups is 1. The van der Waals surface area contributed by atoms with E-state index >= 15 is 0 Å². The average molecular weight is 244 g/mol. The number of aliphatic hydroxyl groups excluding tert-OH is 1. The molecule has 1 saturated carbocycles. The Balaban J connectivity index is 2.61. The van der Waals surface area contributed by atoms with Gasteiger partial charge in [0, 0.05) is 26.2 Å². The van der Waals surface area contributed by atoms with Gasteiger partial charge in [-0.05, 0) is 39.7 Å². The molecule has 1 rings (SSSR count). The molecule has 1 fully saturated rings. The molecule has 2 N–H and O–H groups in total. The minimum Gasteiger partial charge on any atom is -0.394 e. The van der Waals surface area contributed by atoms with Crippen LogP contribution >= 0.6 is 0 Å². The van der Waals surface area contributed by atoms with Gasteiger partial charge in [-0.1, -0.05) is 0 Å². The highest BCUT2D eigenvalue weighted by Crippen LogP contribution is 2.40. The number of nitrogens with zero attached hydrogens (tertiary/aromatic N) is 1. The first-order chi connectivity index (χ1) is 8.09. The van der Waals surface area contributed by atoms with Crippen LogP contribution in [0.3, 0.4) is 0 Å². The van der Waals surface area contributed by atoms with Crippen molar-refractivity contribution in [3.05, 3.63) is 0 Å². The SMILES string of the molecule is CNC(CO)(CN(CCOC)C(C)C)C1CC1. The van der Waals surface area contributed by atoms with Crippen LogP contribution in [0.5, 0.6) is 0 Å². The maximum Gasteiger partial charge on any atom is 0.0628 e. The molecule has 1 aliphatic rings. The molecule has 0 amide bonds. The predicted octanol–water partition coefficient (Wildman–Crippen LogP) is 0.704. The summed E-state index contributed by atoms with van der Waals surface area (Å²) in [5.74, 6) is 0.626. The van der Waals surface area contributed by atoms with Gasteiger partial charge in [0.2, 0.25) is 0 Å². The van der Waals surface area contributed by atoms with Crippen LogP contribution in [0.25, 0.3) is 0 Å². The van der Waals surface area contributed by atoms with E-state index in [0.29, 0.717) is 12.0 Å². The number of nitrogens with one attached hydrogen (secondary N) is 1. The van der Waals surface area contributed by atoms with Crippen molar-refractivity contribution in [3.63, 3.8) is 0 Å². The Kier molecular flexibility index (Phi) is 5.86. The van der Waals surface area contributed by atoms with E-state index in [2.05, 4.69) is 24.1 Å². The van der Waals surface area contributed by atoms with Crippen LogP contribution in [0.15, 0.2) is 0 Å². The lowest BCUT2D eigenvalue weighted by Gasteiger charge is -2.39. The van der Waals surface area contributed by atoms with E-state index in [1.165, 1.54) is 12.8 Å². The molecule has 102 valence electrons. The van der Waals surface area contributed by atoms with Crippen molar-refractivity contribution in [2.24, 2.45) is 5.92 Å². The fraction of sp³-hybridized carbons (Fsp3) is 1.00. The van der Waals surface area contributed by atoms with Gasteiger partial charge in [-0.2, -0.15) is 0 Å². The lowest BCUT2D eigenvalue weighted by Crippen LogP contribution is -2.58. The van der Waals surface area contributed by atoms with Crippen molar-refractivity contribution in [1.29, 1.82) is 0 Å². The summed E-state index contributed by atoms with van der Waals surface area (Å²) >= 11 is 0. The number of rotatable bonds is 9. The van der Waals surface area contributed by atoms with Crippen molar-refractivity contribution >= 4 is 0 Å². The molecule has 0 radical (unpaired) electrons. The Labute approximate surface area is 105 Å². The molecule has 0 bridgehead atoms. The summed E-state index contributed by atoms with van der Waals surface area (Å²) < 4.78 is 5.16. The standard InChI is InChI=1S/C13H28N2O2/c1-11(2)15(7-8-17-4)9-13(10-16,14-3)12-5-6-12/h11-12,14,16H,5-10H2,1-4H3. The first-order valence-corrected chi connectivity index (χ1v) is 6.62. The van der Waals surface area contributed by atoms with Gasteiger partial charge < -0.3 is 15.2 Å². The van der Waals surface area contributed by atoms with Crippen molar-refractivity contribution in [2.45, 2.75) is 38.3 Å². The molecule has 0 aliphatic heterocycles. The summed E-state index contributed by atoms with van der Waals surface area (Å²) in [6.07, 6.45) is 2.47. The Hall–Kier alpha value is -0.160. The second kappa shape index (κ2) is 6.69. The molecular formula is C13H28N2O2. The number of hydrogen-bond acceptors (Lipinski definition) is 4. The van der Waals surface area contributed by atoms with Crippen LogP contribution in [0.4, 0.5) is 0 Å². The molecule has 17 heavy (non-hydrogen) atoms. The fourth-order valence-electron chi connectivity index (χ4n) is 2.40. The van der Waals surface area contributed by atoms with Gasteiger partial charge in [-0.15, -0.1) is 0 Å². The zero-order valence-corrected chi connectivity index (χ0v) is 11.7. The highest BCUT2D eigenvalue weighted by Gasteiger charge is 2.44. The second-order valence-electron chi connectivity index (χ2n) is 5.40. The molecule has 1 unspecified atom stereocenters. The predicted molar refractivity (Wildman–Crippen MR) is 70.2 cm³/mol.